The van der Waals surface area contributed by atoms with Crippen molar-refractivity contribution >= 4 is 17.7 Å². The van der Waals surface area contributed by atoms with Gasteiger partial charge in [-0.2, -0.15) is 0 Å². The summed E-state index contributed by atoms with van der Waals surface area (Å²) in [7, 11) is 1.54. The van der Waals surface area contributed by atoms with Gasteiger partial charge in [-0.1, -0.05) is 18.2 Å². The van der Waals surface area contributed by atoms with E-state index in [2.05, 4.69) is 15.3 Å². The average Bonchev–Trinajstić information content (AvgIpc) is 2.73. The average molecular weight is 361 g/mol. The standard InChI is InChI=1S/C21H19N3O3/c1-26-21-12-8-17(14-23-21)24-20(25)11-7-16-5-9-19(10-6-16)27-15-18-4-2-3-13-22-18/h2-14H,15H2,1H3,(H,24,25)/b11-7+. The van der Waals surface area contributed by atoms with Crippen molar-refractivity contribution < 1.29 is 14.3 Å². The quantitative estimate of drug-likeness (QED) is 0.649. The summed E-state index contributed by atoms with van der Waals surface area (Å²) >= 11 is 0. The largest absolute Gasteiger partial charge is 0.487 e. The zero-order chi connectivity index (χ0) is 18.9. The Morgan fingerprint density at radius 2 is 1.93 bits per heavy atom. The van der Waals surface area contributed by atoms with Gasteiger partial charge in [0.1, 0.15) is 12.4 Å². The van der Waals surface area contributed by atoms with Gasteiger partial charge in [0.05, 0.1) is 24.7 Å². The summed E-state index contributed by atoms with van der Waals surface area (Å²) in [4.78, 5) is 20.2. The van der Waals surface area contributed by atoms with Gasteiger partial charge in [0, 0.05) is 18.3 Å². The number of nitrogens with one attached hydrogen (secondary N) is 1. The smallest absolute Gasteiger partial charge is 0.248 e. The van der Waals surface area contributed by atoms with Crippen LogP contribution in [0.4, 0.5) is 5.69 Å². The number of methoxy groups -OCH3 is 1. The number of hydrogen-bond donors (Lipinski definition) is 1. The summed E-state index contributed by atoms with van der Waals surface area (Å²) in [5.74, 6) is 0.998. The highest BCUT2D eigenvalue weighted by Gasteiger charge is 2.00. The first-order valence-electron chi connectivity index (χ1n) is 8.35. The molecule has 0 radical (unpaired) electrons. The molecule has 27 heavy (non-hydrogen) atoms. The fourth-order valence-electron chi connectivity index (χ4n) is 2.25. The maximum atomic E-state index is 12.0. The molecule has 0 aliphatic carbocycles. The Balaban J connectivity index is 1.51. The van der Waals surface area contributed by atoms with E-state index in [0.717, 1.165) is 17.0 Å². The van der Waals surface area contributed by atoms with E-state index in [1.807, 2.05) is 42.5 Å². The number of carbonyl (C=O) groups is 1. The highest BCUT2D eigenvalue weighted by Crippen LogP contribution is 2.15. The van der Waals surface area contributed by atoms with Gasteiger partial charge in [-0.3, -0.25) is 9.78 Å². The van der Waals surface area contributed by atoms with Crippen LogP contribution in [0.3, 0.4) is 0 Å². The van der Waals surface area contributed by atoms with Crippen LogP contribution in [0.15, 0.2) is 73.1 Å². The number of amides is 1. The lowest BCUT2D eigenvalue weighted by molar-refractivity contribution is -0.111. The third-order valence-corrected chi connectivity index (χ3v) is 3.63. The van der Waals surface area contributed by atoms with E-state index in [1.54, 1.807) is 24.4 Å². The second-order valence-electron chi connectivity index (χ2n) is 5.59. The minimum Gasteiger partial charge on any atom is -0.487 e. The maximum absolute atomic E-state index is 12.0. The number of ether oxygens (including phenoxy) is 2. The third-order valence-electron chi connectivity index (χ3n) is 3.63. The van der Waals surface area contributed by atoms with Gasteiger partial charge in [0.2, 0.25) is 11.8 Å². The maximum Gasteiger partial charge on any atom is 0.248 e. The Hall–Kier alpha value is -3.67. The van der Waals surface area contributed by atoms with Gasteiger partial charge in [0.15, 0.2) is 0 Å². The number of rotatable bonds is 7. The van der Waals surface area contributed by atoms with Crippen LogP contribution in [0.5, 0.6) is 11.6 Å². The highest BCUT2D eigenvalue weighted by atomic mass is 16.5. The molecule has 0 aliphatic rings. The SMILES string of the molecule is COc1ccc(NC(=O)/C=C/c2ccc(OCc3ccccn3)cc2)cn1. The minimum absolute atomic E-state index is 0.238. The molecule has 2 heterocycles. The zero-order valence-electron chi connectivity index (χ0n) is 14.8. The summed E-state index contributed by atoms with van der Waals surface area (Å²) in [6.45, 7) is 0.411. The van der Waals surface area contributed by atoms with E-state index in [-0.39, 0.29) is 5.91 Å². The number of carbonyl (C=O) groups excluding carboxylic acids is 1. The first kappa shape index (κ1) is 18.1. The van der Waals surface area contributed by atoms with Gasteiger partial charge >= 0.3 is 0 Å². The summed E-state index contributed by atoms with van der Waals surface area (Å²) < 4.78 is 10.7. The molecule has 2 aromatic heterocycles. The van der Waals surface area contributed by atoms with Crippen molar-refractivity contribution in [2.45, 2.75) is 6.61 Å². The normalized spacial score (nSPS) is 10.6. The second-order valence-corrected chi connectivity index (χ2v) is 5.59. The fraction of sp³-hybridized carbons (Fsp3) is 0.0952. The van der Waals surface area contributed by atoms with Crippen LogP contribution in [-0.4, -0.2) is 23.0 Å². The van der Waals surface area contributed by atoms with E-state index in [0.29, 0.717) is 18.2 Å². The molecule has 0 fully saturated rings. The Bertz CT molecular complexity index is 892. The zero-order valence-corrected chi connectivity index (χ0v) is 14.8. The van der Waals surface area contributed by atoms with E-state index in [4.69, 9.17) is 9.47 Å². The first-order chi connectivity index (χ1) is 13.2. The number of benzene rings is 1. The molecular formula is C21H19N3O3. The van der Waals surface area contributed by atoms with Crippen molar-refractivity contribution in [2.75, 3.05) is 12.4 Å². The van der Waals surface area contributed by atoms with Crippen LogP contribution in [0, 0.1) is 0 Å². The van der Waals surface area contributed by atoms with Crippen molar-refractivity contribution in [3.05, 3.63) is 84.3 Å². The lowest BCUT2D eigenvalue weighted by atomic mass is 10.2. The van der Waals surface area contributed by atoms with Crippen molar-refractivity contribution in [1.29, 1.82) is 0 Å². The minimum atomic E-state index is -0.238. The molecule has 6 heteroatoms. The van der Waals surface area contributed by atoms with Gasteiger partial charge < -0.3 is 14.8 Å². The lowest BCUT2D eigenvalue weighted by Crippen LogP contribution is -2.07. The summed E-state index contributed by atoms with van der Waals surface area (Å²) in [6.07, 6.45) is 6.47. The van der Waals surface area contributed by atoms with E-state index >= 15 is 0 Å². The van der Waals surface area contributed by atoms with E-state index < -0.39 is 0 Å². The van der Waals surface area contributed by atoms with Crippen LogP contribution in [0.1, 0.15) is 11.3 Å². The van der Waals surface area contributed by atoms with Crippen LogP contribution in [0.25, 0.3) is 6.08 Å². The number of pyridine rings is 2. The molecule has 1 aromatic carbocycles. The molecule has 1 N–H and O–H groups in total. The van der Waals surface area contributed by atoms with Crippen molar-refractivity contribution in [2.24, 2.45) is 0 Å². The molecule has 1 amide bonds. The highest BCUT2D eigenvalue weighted by molar-refractivity contribution is 6.01. The molecule has 0 saturated heterocycles. The predicted octanol–water partition coefficient (Wildman–Crippen LogP) is 3.72. The molecule has 0 saturated carbocycles. The lowest BCUT2D eigenvalue weighted by Gasteiger charge is -2.06. The molecule has 3 aromatic rings. The topological polar surface area (TPSA) is 73.3 Å². The van der Waals surface area contributed by atoms with Gasteiger partial charge in [0.25, 0.3) is 0 Å². The van der Waals surface area contributed by atoms with Gasteiger partial charge in [-0.15, -0.1) is 0 Å². The number of anilines is 1. The molecule has 0 unspecified atom stereocenters. The third kappa shape index (κ3) is 5.67. The van der Waals surface area contributed by atoms with E-state index in [9.17, 15) is 4.79 Å². The van der Waals surface area contributed by atoms with E-state index in [1.165, 1.54) is 19.4 Å². The molecule has 136 valence electrons. The summed E-state index contributed by atoms with van der Waals surface area (Å²) in [6, 6.07) is 16.6. The Morgan fingerprint density at radius 1 is 1.07 bits per heavy atom. The Kier molecular flexibility index (Phi) is 6.14. The second kappa shape index (κ2) is 9.15. The first-order valence-corrected chi connectivity index (χ1v) is 8.35. The van der Waals surface area contributed by atoms with Gasteiger partial charge in [-0.25, -0.2) is 4.98 Å². The molecule has 0 bridgehead atoms. The van der Waals surface area contributed by atoms with Crippen molar-refractivity contribution in [3.63, 3.8) is 0 Å². The fourth-order valence-corrected chi connectivity index (χ4v) is 2.25. The Morgan fingerprint density at radius 3 is 2.59 bits per heavy atom. The van der Waals surface area contributed by atoms with Crippen LogP contribution < -0.4 is 14.8 Å². The van der Waals surface area contributed by atoms with Crippen LogP contribution >= 0.6 is 0 Å². The summed E-state index contributed by atoms with van der Waals surface area (Å²) in [5, 5.41) is 2.74. The van der Waals surface area contributed by atoms with Crippen LogP contribution in [0.2, 0.25) is 0 Å². The van der Waals surface area contributed by atoms with Crippen LogP contribution in [-0.2, 0) is 11.4 Å². The number of hydrogen-bond acceptors (Lipinski definition) is 5. The predicted molar refractivity (Wildman–Crippen MR) is 103 cm³/mol. The number of aromatic nitrogens is 2. The summed E-state index contributed by atoms with van der Waals surface area (Å²) in [5.41, 5.74) is 2.36. The monoisotopic (exact) mass is 361 g/mol. The molecule has 0 atom stereocenters. The van der Waals surface area contributed by atoms with Gasteiger partial charge in [-0.05, 0) is 42.0 Å². The molecule has 0 aliphatic heterocycles. The Labute approximate surface area is 157 Å². The number of nitrogens with zero attached hydrogens (tertiary/aromatic N) is 2. The van der Waals surface area contributed by atoms with Crippen molar-refractivity contribution in [3.8, 4) is 11.6 Å². The molecule has 0 spiro atoms. The molecular weight excluding hydrogens is 342 g/mol. The molecule has 3 rings (SSSR count). The van der Waals surface area contributed by atoms with Crippen molar-refractivity contribution in [1.82, 2.24) is 9.97 Å². The molecule has 6 nitrogen and oxygen atoms in total.